The Bertz CT molecular complexity index is 251. The highest BCUT2D eigenvalue weighted by Crippen LogP contribution is 2.38. The van der Waals surface area contributed by atoms with Crippen LogP contribution in [0.15, 0.2) is 0 Å². The molecule has 0 amide bonds. The predicted octanol–water partition coefficient (Wildman–Crippen LogP) is 6.08. The molecule has 0 aliphatic heterocycles. The quantitative estimate of drug-likeness (QED) is 0.430. The number of nitrogens with one attached hydrogen (secondary N) is 1. The van der Waals surface area contributed by atoms with Crippen LogP contribution in [-0.2, 0) is 0 Å². The van der Waals surface area contributed by atoms with Crippen molar-refractivity contribution < 1.29 is 13.2 Å². The first-order chi connectivity index (χ1) is 9.79. The number of unbranched alkanes of at least 4 members (excludes halogenated alkanes) is 5. The molecule has 0 aliphatic carbocycles. The molecule has 0 aromatic carbocycles. The SMILES string of the molecule is CCCCCCCCC(CCCC(C)C)(NC)C(F)(F)F. The Kier molecular flexibility index (Phi) is 10.3. The number of halogens is 3. The fraction of sp³-hybridized carbons (Fsp3) is 1.00. The van der Waals surface area contributed by atoms with Crippen LogP contribution in [0, 0.1) is 5.92 Å². The standard InChI is InChI=1S/C17H34F3N/c1-5-6-7-8-9-10-13-16(21-4,17(18,19)20)14-11-12-15(2)3/h15,21H,5-14H2,1-4H3. The van der Waals surface area contributed by atoms with E-state index in [-0.39, 0.29) is 12.8 Å². The summed E-state index contributed by atoms with van der Waals surface area (Å²) >= 11 is 0. The zero-order valence-electron chi connectivity index (χ0n) is 14.3. The van der Waals surface area contributed by atoms with Gasteiger partial charge in [-0.1, -0.05) is 72.1 Å². The summed E-state index contributed by atoms with van der Waals surface area (Å²) in [6.45, 7) is 6.26. The molecular formula is C17H34F3N. The molecule has 1 atom stereocenters. The van der Waals surface area contributed by atoms with Crippen LogP contribution < -0.4 is 5.32 Å². The second-order valence-electron chi connectivity index (χ2n) is 6.63. The van der Waals surface area contributed by atoms with Crippen molar-refractivity contribution in [1.29, 1.82) is 0 Å². The molecule has 4 heteroatoms. The van der Waals surface area contributed by atoms with Crippen LogP contribution in [0.5, 0.6) is 0 Å². The van der Waals surface area contributed by atoms with E-state index in [0.29, 0.717) is 18.8 Å². The van der Waals surface area contributed by atoms with Crippen LogP contribution in [0.25, 0.3) is 0 Å². The molecule has 0 heterocycles. The molecule has 128 valence electrons. The zero-order valence-corrected chi connectivity index (χ0v) is 14.3. The first kappa shape index (κ1) is 20.8. The lowest BCUT2D eigenvalue weighted by molar-refractivity contribution is -0.200. The van der Waals surface area contributed by atoms with Crippen molar-refractivity contribution >= 4 is 0 Å². The van der Waals surface area contributed by atoms with Gasteiger partial charge in [0.1, 0.15) is 5.54 Å². The average Bonchev–Trinajstić information content (AvgIpc) is 2.39. The topological polar surface area (TPSA) is 12.0 Å². The summed E-state index contributed by atoms with van der Waals surface area (Å²) in [6.07, 6.45) is 3.84. The van der Waals surface area contributed by atoms with Crippen molar-refractivity contribution in [2.24, 2.45) is 5.92 Å². The van der Waals surface area contributed by atoms with E-state index < -0.39 is 11.7 Å². The van der Waals surface area contributed by atoms with Crippen molar-refractivity contribution in [3.05, 3.63) is 0 Å². The minimum atomic E-state index is -4.16. The van der Waals surface area contributed by atoms with E-state index in [2.05, 4.69) is 26.1 Å². The smallest absolute Gasteiger partial charge is 0.307 e. The van der Waals surface area contributed by atoms with Crippen molar-refractivity contribution in [1.82, 2.24) is 5.32 Å². The summed E-state index contributed by atoms with van der Waals surface area (Å²) in [7, 11) is 1.46. The van der Waals surface area contributed by atoms with E-state index in [1.54, 1.807) is 0 Å². The summed E-state index contributed by atoms with van der Waals surface area (Å²) in [5.41, 5.74) is -1.69. The molecule has 0 radical (unpaired) electrons. The molecule has 0 saturated heterocycles. The first-order valence-electron chi connectivity index (χ1n) is 8.54. The lowest BCUT2D eigenvalue weighted by atomic mass is 9.85. The van der Waals surface area contributed by atoms with Crippen molar-refractivity contribution in [2.75, 3.05) is 7.05 Å². The van der Waals surface area contributed by atoms with Gasteiger partial charge >= 0.3 is 6.18 Å². The molecule has 0 rings (SSSR count). The maximum atomic E-state index is 13.5. The molecule has 0 bridgehead atoms. The fourth-order valence-electron chi connectivity index (χ4n) is 2.82. The molecule has 0 fully saturated rings. The maximum absolute atomic E-state index is 13.5. The normalized spacial score (nSPS) is 15.4. The fourth-order valence-corrected chi connectivity index (χ4v) is 2.82. The lowest BCUT2D eigenvalue weighted by Crippen LogP contribution is -2.55. The van der Waals surface area contributed by atoms with Crippen LogP contribution >= 0.6 is 0 Å². The first-order valence-corrected chi connectivity index (χ1v) is 8.54. The van der Waals surface area contributed by atoms with E-state index >= 15 is 0 Å². The van der Waals surface area contributed by atoms with Gasteiger partial charge in [-0.3, -0.25) is 0 Å². The predicted molar refractivity (Wildman–Crippen MR) is 84.5 cm³/mol. The van der Waals surface area contributed by atoms with Gasteiger partial charge in [0.2, 0.25) is 0 Å². The van der Waals surface area contributed by atoms with E-state index in [9.17, 15) is 13.2 Å². The summed E-state index contributed by atoms with van der Waals surface area (Å²) in [6, 6.07) is 0. The summed E-state index contributed by atoms with van der Waals surface area (Å²) in [4.78, 5) is 0. The van der Waals surface area contributed by atoms with Crippen LogP contribution in [0.3, 0.4) is 0 Å². The monoisotopic (exact) mass is 309 g/mol. The van der Waals surface area contributed by atoms with Crippen molar-refractivity contribution in [2.45, 2.75) is 96.7 Å². The Labute approximate surface area is 129 Å². The molecule has 1 unspecified atom stereocenters. The largest absolute Gasteiger partial charge is 0.406 e. The Morgan fingerprint density at radius 2 is 1.38 bits per heavy atom. The van der Waals surface area contributed by atoms with E-state index in [1.807, 2.05) is 0 Å². The third-order valence-electron chi connectivity index (χ3n) is 4.36. The molecule has 1 nitrogen and oxygen atoms in total. The second-order valence-corrected chi connectivity index (χ2v) is 6.63. The van der Waals surface area contributed by atoms with E-state index in [0.717, 1.165) is 32.1 Å². The van der Waals surface area contributed by atoms with Gasteiger partial charge in [-0.15, -0.1) is 0 Å². The molecule has 0 aromatic rings. The van der Waals surface area contributed by atoms with Gasteiger partial charge in [0, 0.05) is 0 Å². The zero-order chi connectivity index (χ0) is 16.4. The van der Waals surface area contributed by atoms with Gasteiger partial charge in [0.05, 0.1) is 0 Å². The van der Waals surface area contributed by atoms with Gasteiger partial charge in [0.25, 0.3) is 0 Å². The molecular weight excluding hydrogens is 275 g/mol. The maximum Gasteiger partial charge on any atom is 0.406 e. The van der Waals surface area contributed by atoms with Gasteiger partial charge in [-0.25, -0.2) is 0 Å². The van der Waals surface area contributed by atoms with Gasteiger partial charge in [-0.2, -0.15) is 13.2 Å². The summed E-state index contributed by atoms with van der Waals surface area (Å²) < 4.78 is 40.4. The minimum absolute atomic E-state index is 0.195. The van der Waals surface area contributed by atoms with Crippen molar-refractivity contribution in [3.63, 3.8) is 0 Å². The van der Waals surface area contributed by atoms with Gasteiger partial charge < -0.3 is 5.32 Å². The lowest BCUT2D eigenvalue weighted by Gasteiger charge is -2.36. The number of alkyl halides is 3. The summed E-state index contributed by atoms with van der Waals surface area (Å²) in [5, 5.41) is 2.61. The van der Waals surface area contributed by atoms with E-state index in [4.69, 9.17) is 0 Å². The summed E-state index contributed by atoms with van der Waals surface area (Å²) in [5.74, 6) is 0.460. The second kappa shape index (κ2) is 10.5. The minimum Gasteiger partial charge on any atom is -0.307 e. The molecule has 0 spiro atoms. The Hall–Kier alpha value is -0.250. The van der Waals surface area contributed by atoms with Crippen LogP contribution in [-0.4, -0.2) is 18.8 Å². The van der Waals surface area contributed by atoms with Crippen molar-refractivity contribution in [3.8, 4) is 0 Å². The molecule has 0 aromatic heterocycles. The number of rotatable bonds is 12. The van der Waals surface area contributed by atoms with Gasteiger partial charge in [0.15, 0.2) is 0 Å². The Morgan fingerprint density at radius 1 is 0.857 bits per heavy atom. The van der Waals surface area contributed by atoms with Crippen LogP contribution in [0.1, 0.15) is 85.0 Å². The average molecular weight is 309 g/mol. The van der Waals surface area contributed by atoms with Gasteiger partial charge in [-0.05, 0) is 25.8 Å². The Morgan fingerprint density at radius 3 is 1.86 bits per heavy atom. The van der Waals surface area contributed by atoms with Crippen LogP contribution in [0.4, 0.5) is 13.2 Å². The number of hydrogen-bond donors (Lipinski definition) is 1. The molecule has 0 aliphatic rings. The number of hydrogen-bond acceptors (Lipinski definition) is 1. The highest BCUT2D eigenvalue weighted by Gasteiger charge is 2.52. The molecule has 21 heavy (non-hydrogen) atoms. The van der Waals surface area contributed by atoms with E-state index in [1.165, 1.54) is 13.5 Å². The third-order valence-corrected chi connectivity index (χ3v) is 4.36. The molecule has 0 saturated carbocycles. The Balaban J connectivity index is 4.37. The molecule has 1 N–H and O–H groups in total. The highest BCUT2D eigenvalue weighted by atomic mass is 19.4. The van der Waals surface area contributed by atoms with Crippen LogP contribution in [0.2, 0.25) is 0 Å². The highest BCUT2D eigenvalue weighted by molar-refractivity contribution is 4.94. The third kappa shape index (κ3) is 8.08.